The minimum Gasteiger partial charge on any atom is -0.449 e. The number of hydrogen-bond donors (Lipinski definition) is 2. The third kappa shape index (κ3) is 8.37. The predicted octanol–water partition coefficient (Wildman–Crippen LogP) is 9.84. The molecule has 0 bridgehead atoms. The smallest absolute Gasteiger partial charge is 0.449 e. The summed E-state index contributed by atoms with van der Waals surface area (Å²) >= 11 is 0. The molecule has 0 aliphatic heterocycles. The maximum atomic E-state index is 13.9. The fraction of sp³-hybridized carbons (Fsp3) is 0.517. The van der Waals surface area contributed by atoms with Crippen molar-refractivity contribution in [2.45, 2.75) is 86.8 Å². The summed E-state index contributed by atoms with van der Waals surface area (Å²) in [6.07, 6.45) is -7.40. The lowest BCUT2D eigenvalue weighted by Gasteiger charge is -2.39. The summed E-state index contributed by atoms with van der Waals surface area (Å²) in [7, 11) is 0. The van der Waals surface area contributed by atoms with Gasteiger partial charge in [0, 0.05) is 11.4 Å². The summed E-state index contributed by atoms with van der Waals surface area (Å²) in [5, 5.41) is 4.60. The Hall–Kier alpha value is -3.93. The summed E-state index contributed by atoms with van der Waals surface area (Å²) in [5.41, 5.74) is 1.93. The molecule has 0 heterocycles. The Morgan fingerprint density at radius 2 is 1.04 bits per heavy atom. The molecule has 2 aromatic rings. The number of benzene rings is 2. The van der Waals surface area contributed by atoms with E-state index < -0.39 is 61.0 Å². The first-order chi connectivity index (χ1) is 22.0. The van der Waals surface area contributed by atoms with Crippen molar-refractivity contribution >= 4 is 23.6 Å². The van der Waals surface area contributed by atoms with Crippen molar-refractivity contribution in [2.24, 2.45) is 0 Å². The summed E-state index contributed by atoms with van der Waals surface area (Å²) in [5.74, 6) is -37.5. The van der Waals surface area contributed by atoms with E-state index in [0.717, 1.165) is 37.7 Å². The SMILES string of the molecule is O=C(Nc1ccc(Cc2ccc(NC(=O)OC3CCCCC3)cc2)cc1)OCCC(F)(F)C(F)(F)C(F)(F)C(F)(F)C(F)(F)C(F)(F)F. The van der Waals surface area contributed by atoms with Crippen LogP contribution in [0.4, 0.5) is 78.0 Å². The van der Waals surface area contributed by atoms with E-state index in [-0.39, 0.29) is 11.8 Å². The summed E-state index contributed by atoms with van der Waals surface area (Å²) in [4.78, 5) is 23.9. The highest BCUT2D eigenvalue weighted by molar-refractivity contribution is 5.85. The molecule has 6 nitrogen and oxygen atoms in total. The van der Waals surface area contributed by atoms with Gasteiger partial charge in [0.25, 0.3) is 0 Å². The quantitative estimate of drug-likeness (QED) is 0.215. The molecular formula is C29H27F13N2O4. The van der Waals surface area contributed by atoms with Gasteiger partial charge in [-0.25, -0.2) is 9.59 Å². The van der Waals surface area contributed by atoms with Gasteiger partial charge in [-0.05, 0) is 67.5 Å². The molecule has 3 rings (SSSR count). The topological polar surface area (TPSA) is 76.7 Å². The maximum absolute atomic E-state index is 13.9. The average Bonchev–Trinajstić information content (AvgIpc) is 2.98. The Bertz CT molecular complexity index is 1390. The molecular weight excluding hydrogens is 687 g/mol. The van der Waals surface area contributed by atoms with Gasteiger partial charge in [-0.15, -0.1) is 0 Å². The number of amides is 2. The van der Waals surface area contributed by atoms with Crippen molar-refractivity contribution in [3.05, 3.63) is 59.7 Å². The number of anilines is 2. The van der Waals surface area contributed by atoms with E-state index in [4.69, 9.17) is 4.74 Å². The van der Waals surface area contributed by atoms with Gasteiger partial charge < -0.3 is 9.47 Å². The van der Waals surface area contributed by atoms with Gasteiger partial charge in [-0.1, -0.05) is 30.7 Å². The molecule has 0 unspecified atom stereocenters. The number of halogens is 13. The van der Waals surface area contributed by atoms with E-state index in [1.807, 2.05) is 5.32 Å². The zero-order valence-corrected chi connectivity index (χ0v) is 24.4. The van der Waals surface area contributed by atoms with E-state index >= 15 is 0 Å². The second-order valence-corrected chi connectivity index (χ2v) is 10.9. The van der Waals surface area contributed by atoms with Crippen LogP contribution in [0.1, 0.15) is 49.7 Å². The highest BCUT2D eigenvalue weighted by Crippen LogP contribution is 2.60. The summed E-state index contributed by atoms with van der Waals surface area (Å²) in [6, 6.07) is 12.3. The van der Waals surface area contributed by atoms with Gasteiger partial charge in [-0.3, -0.25) is 10.6 Å². The van der Waals surface area contributed by atoms with Gasteiger partial charge in [0.15, 0.2) is 0 Å². The van der Waals surface area contributed by atoms with E-state index in [1.54, 1.807) is 24.3 Å². The van der Waals surface area contributed by atoms with E-state index in [9.17, 15) is 66.7 Å². The second kappa shape index (κ2) is 14.3. The molecule has 0 atom stereocenters. The molecule has 1 saturated carbocycles. The first-order valence-electron chi connectivity index (χ1n) is 14.1. The van der Waals surface area contributed by atoms with Crippen molar-refractivity contribution in [3.63, 3.8) is 0 Å². The van der Waals surface area contributed by atoms with Crippen molar-refractivity contribution in [1.29, 1.82) is 0 Å². The average molecular weight is 715 g/mol. The zero-order valence-electron chi connectivity index (χ0n) is 24.4. The Balaban J connectivity index is 1.50. The molecule has 0 aromatic heterocycles. The number of hydrogen-bond acceptors (Lipinski definition) is 4. The van der Waals surface area contributed by atoms with Crippen LogP contribution >= 0.6 is 0 Å². The third-order valence-electron chi connectivity index (χ3n) is 7.28. The zero-order chi connectivity index (χ0) is 36.2. The monoisotopic (exact) mass is 714 g/mol. The van der Waals surface area contributed by atoms with Crippen LogP contribution in [0.3, 0.4) is 0 Å². The standard InChI is InChI=1S/C29H27F13N2O4/c30-24(31,25(32,33)26(34,35)27(36,37)28(38,39)29(40,41)42)14-15-47-22(45)43-19-10-6-17(7-11-19)16-18-8-12-20(13-9-18)44-23(46)48-21-4-2-1-3-5-21/h6-13,21H,1-5,14-16H2,(H,43,45)(H,44,46). The van der Waals surface area contributed by atoms with Gasteiger partial charge >= 0.3 is 48.0 Å². The Labute approximate surface area is 263 Å². The molecule has 2 N–H and O–H groups in total. The van der Waals surface area contributed by atoms with Crippen LogP contribution in [-0.4, -0.2) is 60.7 Å². The minimum atomic E-state index is -8.00. The van der Waals surface area contributed by atoms with Crippen molar-refractivity contribution in [3.8, 4) is 0 Å². The molecule has 48 heavy (non-hydrogen) atoms. The Morgan fingerprint density at radius 1 is 0.604 bits per heavy atom. The van der Waals surface area contributed by atoms with Gasteiger partial charge in [0.05, 0.1) is 13.0 Å². The molecule has 1 aliphatic carbocycles. The Kier molecular flexibility index (Phi) is 11.5. The summed E-state index contributed by atoms with van der Waals surface area (Å²) in [6.45, 7) is -1.87. The van der Waals surface area contributed by atoms with E-state index in [1.165, 1.54) is 24.3 Å². The lowest BCUT2D eigenvalue weighted by Crippen LogP contribution is -2.70. The van der Waals surface area contributed by atoms with Gasteiger partial charge in [0.2, 0.25) is 0 Å². The van der Waals surface area contributed by atoms with Crippen LogP contribution in [0.5, 0.6) is 0 Å². The van der Waals surface area contributed by atoms with Crippen molar-refractivity contribution < 1.29 is 76.1 Å². The van der Waals surface area contributed by atoms with Crippen LogP contribution in [0.25, 0.3) is 0 Å². The minimum absolute atomic E-state index is 0.0441. The highest BCUT2D eigenvalue weighted by Gasteiger charge is 2.90. The Morgan fingerprint density at radius 3 is 1.50 bits per heavy atom. The number of carbonyl (C=O) groups excluding carboxylic acids is 2. The number of alkyl halides is 13. The third-order valence-corrected chi connectivity index (χ3v) is 7.28. The van der Waals surface area contributed by atoms with Crippen LogP contribution < -0.4 is 10.6 Å². The highest BCUT2D eigenvalue weighted by atomic mass is 19.4. The number of carbonyl (C=O) groups is 2. The van der Waals surface area contributed by atoms with E-state index in [0.29, 0.717) is 17.7 Å². The molecule has 0 spiro atoms. The molecule has 0 radical (unpaired) electrons. The normalized spacial score (nSPS) is 15.5. The largest absolute Gasteiger partial charge is 0.460 e. The van der Waals surface area contributed by atoms with Crippen molar-refractivity contribution in [2.75, 3.05) is 17.2 Å². The van der Waals surface area contributed by atoms with Crippen LogP contribution in [-0.2, 0) is 15.9 Å². The fourth-order valence-electron chi connectivity index (χ4n) is 4.51. The summed E-state index contributed by atoms with van der Waals surface area (Å²) < 4.78 is 181. The molecule has 2 amide bonds. The molecule has 0 saturated heterocycles. The first kappa shape index (κ1) is 38.5. The molecule has 2 aromatic carbocycles. The molecule has 1 aliphatic rings. The van der Waals surface area contributed by atoms with E-state index in [2.05, 4.69) is 10.1 Å². The second-order valence-electron chi connectivity index (χ2n) is 10.9. The predicted molar refractivity (Wildman–Crippen MR) is 143 cm³/mol. The molecule has 19 heteroatoms. The maximum Gasteiger partial charge on any atom is 0.460 e. The van der Waals surface area contributed by atoms with Gasteiger partial charge in [-0.2, -0.15) is 57.1 Å². The molecule has 1 fully saturated rings. The first-order valence-corrected chi connectivity index (χ1v) is 14.1. The number of ether oxygens (including phenoxy) is 2. The number of nitrogens with one attached hydrogen (secondary N) is 2. The van der Waals surface area contributed by atoms with Crippen LogP contribution in [0.2, 0.25) is 0 Å². The van der Waals surface area contributed by atoms with Crippen molar-refractivity contribution in [1.82, 2.24) is 0 Å². The van der Waals surface area contributed by atoms with Crippen LogP contribution in [0, 0.1) is 0 Å². The number of rotatable bonds is 12. The molecule has 268 valence electrons. The lowest BCUT2D eigenvalue weighted by molar-refractivity contribution is -0.440. The van der Waals surface area contributed by atoms with Crippen LogP contribution in [0.15, 0.2) is 48.5 Å². The van der Waals surface area contributed by atoms with Gasteiger partial charge in [0.1, 0.15) is 6.10 Å². The fourth-order valence-corrected chi connectivity index (χ4v) is 4.51. The lowest BCUT2D eigenvalue weighted by atomic mass is 9.93.